The molecule has 162 valence electrons. The summed E-state index contributed by atoms with van der Waals surface area (Å²) in [6.07, 6.45) is 0.0151. The fraction of sp³-hybridized carbons (Fsp3) is 0.217. The molecule has 3 rings (SSSR count). The summed E-state index contributed by atoms with van der Waals surface area (Å²) in [6, 6.07) is 13.3. The van der Waals surface area contributed by atoms with E-state index in [4.69, 9.17) is 10.8 Å². The molecule has 3 aromatic rings. The van der Waals surface area contributed by atoms with Gasteiger partial charge in [-0.1, -0.05) is 12.1 Å². The van der Waals surface area contributed by atoms with Gasteiger partial charge >= 0.3 is 0 Å². The van der Waals surface area contributed by atoms with Crippen LogP contribution in [-0.4, -0.2) is 34.8 Å². The van der Waals surface area contributed by atoms with E-state index in [0.29, 0.717) is 28.2 Å². The third-order valence-corrected chi connectivity index (χ3v) is 4.94. The van der Waals surface area contributed by atoms with Crippen LogP contribution in [0.15, 0.2) is 48.5 Å². The highest BCUT2D eigenvalue weighted by atomic mass is 19.1. The van der Waals surface area contributed by atoms with E-state index in [1.165, 1.54) is 12.1 Å². The van der Waals surface area contributed by atoms with Crippen molar-refractivity contribution in [2.24, 2.45) is 0 Å². The second-order valence-electron chi connectivity index (χ2n) is 7.21. The third-order valence-electron chi connectivity index (χ3n) is 4.94. The molecule has 2 aromatic carbocycles. The van der Waals surface area contributed by atoms with Crippen LogP contribution in [0.3, 0.4) is 0 Å². The minimum absolute atomic E-state index is 0.0115. The van der Waals surface area contributed by atoms with Gasteiger partial charge in [0.15, 0.2) is 0 Å². The number of amides is 1. The van der Waals surface area contributed by atoms with Gasteiger partial charge in [-0.25, -0.2) is 9.37 Å². The van der Waals surface area contributed by atoms with E-state index in [0.717, 1.165) is 5.56 Å². The predicted octanol–water partition coefficient (Wildman–Crippen LogP) is 3.25. The number of nitrogens with two attached hydrogens (primary N) is 1. The van der Waals surface area contributed by atoms with Crippen LogP contribution in [0.4, 0.5) is 21.6 Å². The zero-order valence-electron chi connectivity index (χ0n) is 17.4. The molecule has 0 saturated heterocycles. The minimum atomic E-state index is -0.341. The molecule has 0 radical (unpaired) electrons. The van der Waals surface area contributed by atoms with Crippen LogP contribution >= 0.6 is 0 Å². The molecule has 1 amide bonds. The summed E-state index contributed by atoms with van der Waals surface area (Å²) in [7, 11) is 1.74. The van der Waals surface area contributed by atoms with E-state index in [-0.39, 0.29) is 42.9 Å². The number of pyridine rings is 1. The number of nitrogens with zero attached hydrogens (tertiary/aromatic N) is 2. The number of phenolic OH excluding ortho intramolecular Hbond substituents is 1. The molecular weight excluding hydrogens is 399 g/mol. The summed E-state index contributed by atoms with van der Waals surface area (Å²) in [5.41, 5.74) is 9.44. The van der Waals surface area contributed by atoms with Crippen molar-refractivity contribution in [2.75, 3.05) is 24.3 Å². The monoisotopic (exact) mass is 424 g/mol. The number of nitrogens with one attached hydrogen (secondary N) is 1. The number of aromatic nitrogens is 1. The second-order valence-corrected chi connectivity index (χ2v) is 7.21. The van der Waals surface area contributed by atoms with Crippen LogP contribution in [0.25, 0.3) is 11.3 Å². The van der Waals surface area contributed by atoms with Gasteiger partial charge in [-0.2, -0.15) is 0 Å². The smallest absolute Gasteiger partial charge is 0.222 e. The van der Waals surface area contributed by atoms with Crippen LogP contribution in [0.5, 0.6) is 5.75 Å². The molecule has 0 fully saturated rings. The number of anilines is 3. The van der Waals surface area contributed by atoms with E-state index in [2.05, 4.69) is 10.3 Å². The number of nitrogen functional groups attached to an aromatic ring is 1. The lowest BCUT2D eigenvalue weighted by Crippen LogP contribution is -2.24. The number of halogens is 1. The first-order chi connectivity index (χ1) is 14.8. The Hall–Kier alpha value is -3.65. The summed E-state index contributed by atoms with van der Waals surface area (Å²) in [6.45, 7) is 1.78. The Balaban J connectivity index is 1.87. The zero-order chi connectivity index (χ0) is 22.5. The highest BCUT2D eigenvalue weighted by molar-refractivity contribution is 5.77. The van der Waals surface area contributed by atoms with Gasteiger partial charge in [0, 0.05) is 36.8 Å². The first-order valence-electron chi connectivity index (χ1n) is 9.76. The van der Waals surface area contributed by atoms with E-state index in [9.17, 15) is 14.3 Å². The molecule has 1 heterocycles. The van der Waals surface area contributed by atoms with Crippen LogP contribution in [-0.2, 0) is 11.3 Å². The van der Waals surface area contributed by atoms with Crippen molar-refractivity contribution in [1.82, 2.24) is 10.3 Å². The normalized spacial score (nSPS) is 10.7. The quantitative estimate of drug-likeness (QED) is 0.463. The predicted molar refractivity (Wildman–Crippen MR) is 118 cm³/mol. The minimum Gasteiger partial charge on any atom is -0.507 e. The lowest BCUT2D eigenvalue weighted by Gasteiger charge is -2.21. The molecule has 0 saturated carbocycles. The maximum absolute atomic E-state index is 14.4. The summed E-state index contributed by atoms with van der Waals surface area (Å²) >= 11 is 0. The molecule has 0 atom stereocenters. The van der Waals surface area contributed by atoms with Crippen molar-refractivity contribution in [3.8, 4) is 17.0 Å². The molecule has 7 nitrogen and oxygen atoms in total. The topological polar surface area (TPSA) is 112 Å². The molecular formula is C23H25FN4O3. The van der Waals surface area contributed by atoms with Crippen molar-refractivity contribution in [3.05, 3.63) is 65.5 Å². The van der Waals surface area contributed by atoms with Gasteiger partial charge in [0.05, 0.1) is 18.0 Å². The summed E-state index contributed by atoms with van der Waals surface area (Å²) in [4.78, 5) is 17.6. The molecule has 0 spiro atoms. The Bertz CT molecular complexity index is 1100. The van der Waals surface area contributed by atoms with Crippen molar-refractivity contribution >= 4 is 23.1 Å². The van der Waals surface area contributed by atoms with Crippen LogP contribution in [0, 0.1) is 12.7 Å². The van der Waals surface area contributed by atoms with E-state index >= 15 is 0 Å². The molecule has 0 aliphatic rings. The van der Waals surface area contributed by atoms with Crippen molar-refractivity contribution in [2.45, 2.75) is 19.9 Å². The van der Waals surface area contributed by atoms with Gasteiger partial charge in [0.1, 0.15) is 17.4 Å². The van der Waals surface area contributed by atoms with Crippen molar-refractivity contribution < 1.29 is 19.4 Å². The second kappa shape index (κ2) is 9.44. The molecule has 5 N–H and O–H groups in total. The Morgan fingerprint density at radius 2 is 1.97 bits per heavy atom. The molecule has 31 heavy (non-hydrogen) atoms. The number of carbonyl (C=O) groups is 1. The fourth-order valence-electron chi connectivity index (χ4n) is 3.15. The first-order valence-corrected chi connectivity index (χ1v) is 9.76. The lowest BCUT2D eigenvalue weighted by atomic mass is 10.1. The summed E-state index contributed by atoms with van der Waals surface area (Å²) in [5, 5.41) is 21.8. The Kier molecular flexibility index (Phi) is 6.71. The summed E-state index contributed by atoms with van der Waals surface area (Å²) in [5.74, 6) is -0.406. The Morgan fingerprint density at radius 3 is 2.65 bits per heavy atom. The van der Waals surface area contributed by atoms with E-state index in [1.807, 2.05) is 13.0 Å². The Morgan fingerprint density at radius 1 is 1.19 bits per heavy atom. The van der Waals surface area contributed by atoms with E-state index < -0.39 is 0 Å². The first kappa shape index (κ1) is 22.0. The van der Waals surface area contributed by atoms with Gasteiger partial charge in [-0.15, -0.1) is 0 Å². The fourth-order valence-corrected chi connectivity index (χ4v) is 3.15. The number of hydrogen-bond acceptors (Lipinski definition) is 6. The van der Waals surface area contributed by atoms with Crippen molar-refractivity contribution in [1.29, 1.82) is 0 Å². The van der Waals surface area contributed by atoms with Crippen molar-refractivity contribution in [3.63, 3.8) is 0 Å². The average molecular weight is 424 g/mol. The number of aryl methyl sites for hydroxylation is 1. The standard InChI is InChI=1S/C23H25FN4O3/c1-14-3-7-20(18(24)11-14)28(2)16-5-8-21(30)17(12-16)19-6-4-15(23(25)27-19)13-26-22(31)9-10-29/h3-8,11-12,29-30H,9-10,13H2,1-2H3,(H2,25,27)(H,26,31). The highest BCUT2D eigenvalue weighted by Crippen LogP contribution is 2.35. The van der Waals surface area contributed by atoms with Gasteiger partial charge in [-0.3, -0.25) is 4.79 Å². The SMILES string of the molecule is Cc1ccc(N(C)c2ccc(O)c(-c3ccc(CNC(=O)CCO)c(N)n3)c2)c(F)c1. The number of benzene rings is 2. The molecule has 0 aliphatic heterocycles. The number of hydrogen-bond donors (Lipinski definition) is 4. The van der Waals surface area contributed by atoms with Gasteiger partial charge < -0.3 is 26.2 Å². The number of aliphatic hydroxyl groups excluding tert-OH is 1. The van der Waals surface area contributed by atoms with Crippen LogP contribution < -0.4 is 16.0 Å². The Labute approximate surface area is 180 Å². The largest absolute Gasteiger partial charge is 0.507 e. The van der Waals surface area contributed by atoms with Gasteiger partial charge in [-0.05, 0) is 48.9 Å². The number of phenols is 1. The number of aliphatic hydroxyl groups is 1. The van der Waals surface area contributed by atoms with E-state index in [1.54, 1.807) is 42.3 Å². The number of rotatable bonds is 7. The van der Waals surface area contributed by atoms with Crippen LogP contribution in [0.2, 0.25) is 0 Å². The highest BCUT2D eigenvalue weighted by Gasteiger charge is 2.14. The van der Waals surface area contributed by atoms with Gasteiger partial charge in [0.25, 0.3) is 0 Å². The van der Waals surface area contributed by atoms with Crippen LogP contribution in [0.1, 0.15) is 17.5 Å². The third kappa shape index (κ3) is 5.10. The maximum Gasteiger partial charge on any atom is 0.222 e. The lowest BCUT2D eigenvalue weighted by molar-refractivity contribution is -0.121. The molecule has 0 bridgehead atoms. The van der Waals surface area contributed by atoms with Gasteiger partial charge in [0.2, 0.25) is 5.91 Å². The summed E-state index contributed by atoms with van der Waals surface area (Å²) < 4.78 is 14.4. The molecule has 0 unspecified atom stereocenters. The molecule has 0 aliphatic carbocycles. The zero-order valence-corrected chi connectivity index (χ0v) is 17.4. The average Bonchev–Trinajstić information content (AvgIpc) is 2.73. The molecule has 1 aromatic heterocycles. The maximum atomic E-state index is 14.4. The number of aromatic hydroxyl groups is 1. The molecule has 8 heteroatoms. The number of carbonyl (C=O) groups excluding carboxylic acids is 1.